The predicted octanol–water partition coefficient (Wildman–Crippen LogP) is -0.283. The van der Waals surface area contributed by atoms with Crippen LogP contribution in [0.5, 0.6) is 0 Å². The largest absolute Gasteiger partial charge is 0.396 e. The second-order valence-corrected chi connectivity index (χ2v) is 4.60. The van der Waals surface area contributed by atoms with Crippen LogP contribution in [0.25, 0.3) is 0 Å². The molecule has 1 fully saturated rings. The summed E-state index contributed by atoms with van der Waals surface area (Å²) in [6.07, 6.45) is 0.428. The van der Waals surface area contributed by atoms with Gasteiger partial charge in [-0.3, -0.25) is 0 Å². The van der Waals surface area contributed by atoms with Gasteiger partial charge in [-0.25, -0.2) is 0 Å². The number of aliphatic hydroxyl groups excluding tert-OH is 1. The van der Waals surface area contributed by atoms with E-state index in [2.05, 4.69) is 5.32 Å². The molecule has 0 amide bonds. The highest BCUT2D eigenvalue weighted by molar-refractivity contribution is 4.79. The van der Waals surface area contributed by atoms with Crippen molar-refractivity contribution in [2.24, 2.45) is 5.92 Å². The first-order valence-electron chi connectivity index (χ1n) is 5.74. The first kappa shape index (κ1) is 13.9. The van der Waals surface area contributed by atoms with Crippen LogP contribution >= 0.6 is 0 Å². The number of aliphatic hydroxyl groups is 2. The molecule has 1 aliphatic heterocycles. The van der Waals surface area contributed by atoms with E-state index < -0.39 is 11.9 Å². The quantitative estimate of drug-likeness (QED) is 0.570. The molecule has 0 bridgehead atoms. The lowest BCUT2D eigenvalue weighted by molar-refractivity contribution is -0.249. The van der Waals surface area contributed by atoms with Crippen molar-refractivity contribution in [1.29, 1.82) is 0 Å². The number of methoxy groups -OCH3 is 1. The molecule has 0 aromatic carbocycles. The molecule has 1 heterocycles. The smallest absolute Gasteiger partial charge is 0.188 e. The summed E-state index contributed by atoms with van der Waals surface area (Å²) in [5.41, 5.74) is 0. The fraction of sp³-hybridized carbons (Fsp3) is 1.00. The molecule has 1 aliphatic rings. The lowest BCUT2D eigenvalue weighted by Crippen LogP contribution is -2.48. The maximum atomic E-state index is 9.83. The molecule has 0 aliphatic carbocycles. The topological polar surface area (TPSA) is 71.0 Å². The van der Waals surface area contributed by atoms with E-state index >= 15 is 0 Å². The van der Waals surface area contributed by atoms with E-state index in [4.69, 9.17) is 14.6 Å². The van der Waals surface area contributed by atoms with Crippen molar-refractivity contribution < 1.29 is 19.7 Å². The Morgan fingerprint density at radius 1 is 1.50 bits per heavy atom. The molecular weight excluding hydrogens is 210 g/mol. The van der Waals surface area contributed by atoms with Crippen LogP contribution in [-0.2, 0) is 9.47 Å². The van der Waals surface area contributed by atoms with Crippen molar-refractivity contribution in [2.75, 3.05) is 26.8 Å². The van der Waals surface area contributed by atoms with Gasteiger partial charge in [0.25, 0.3) is 0 Å². The first-order chi connectivity index (χ1) is 7.49. The molecule has 5 nitrogen and oxygen atoms in total. The van der Waals surface area contributed by atoms with Crippen molar-refractivity contribution in [3.8, 4) is 0 Å². The Balaban J connectivity index is 2.41. The zero-order chi connectivity index (χ0) is 12.2. The van der Waals surface area contributed by atoms with E-state index in [-0.39, 0.29) is 18.6 Å². The Hall–Kier alpha value is -0.200. The van der Waals surface area contributed by atoms with Crippen molar-refractivity contribution in [2.45, 2.75) is 38.3 Å². The summed E-state index contributed by atoms with van der Waals surface area (Å²) in [6.45, 7) is 5.11. The molecule has 0 aromatic heterocycles. The van der Waals surface area contributed by atoms with Crippen molar-refractivity contribution in [1.82, 2.24) is 5.32 Å². The van der Waals surface area contributed by atoms with Crippen molar-refractivity contribution in [3.63, 3.8) is 0 Å². The van der Waals surface area contributed by atoms with Gasteiger partial charge in [0.1, 0.15) is 6.10 Å². The monoisotopic (exact) mass is 233 g/mol. The van der Waals surface area contributed by atoms with E-state index in [9.17, 15) is 5.11 Å². The molecule has 0 aromatic rings. The van der Waals surface area contributed by atoms with E-state index in [1.165, 1.54) is 7.11 Å². The maximum absolute atomic E-state index is 9.83. The summed E-state index contributed by atoms with van der Waals surface area (Å²) in [4.78, 5) is 0. The van der Waals surface area contributed by atoms with Gasteiger partial charge in [0.15, 0.2) is 5.79 Å². The Morgan fingerprint density at radius 2 is 2.19 bits per heavy atom. The Morgan fingerprint density at radius 3 is 2.75 bits per heavy atom. The SMILES string of the molecule is CO[C@@](C)(O)C(C)OC1CNCC(CO)C1. The van der Waals surface area contributed by atoms with Gasteiger partial charge >= 0.3 is 0 Å². The fourth-order valence-corrected chi connectivity index (χ4v) is 1.81. The number of hydrogen-bond donors (Lipinski definition) is 3. The molecule has 96 valence electrons. The zero-order valence-electron chi connectivity index (χ0n) is 10.3. The number of ether oxygens (including phenoxy) is 2. The van der Waals surface area contributed by atoms with Crippen molar-refractivity contribution in [3.05, 3.63) is 0 Å². The van der Waals surface area contributed by atoms with Gasteiger partial charge < -0.3 is 25.0 Å². The molecule has 0 saturated carbocycles. The van der Waals surface area contributed by atoms with Crippen molar-refractivity contribution >= 4 is 0 Å². The minimum atomic E-state index is -1.27. The molecular formula is C11H23NO4. The van der Waals surface area contributed by atoms with Crippen LogP contribution in [-0.4, -0.2) is 55.0 Å². The number of hydrogen-bond acceptors (Lipinski definition) is 5. The first-order valence-corrected chi connectivity index (χ1v) is 5.74. The average Bonchev–Trinajstić information content (AvgIpc) is 2.29. The molecule has 1 rings (SSSR count). The maximum Gasteiger partial charge on any atom is 0.188 e. The van der Waals surface area contributed by atoms with Gasteiger partial charge in [0.2, 0.25) is 0 Å². The predicted molar refractivity (Wildman–Crippen MR) is 60.0 cm³/mol. The highest BCUT2D eigenvalue weighted by Gasteiger charge is 2.32. The third-order valence-electron chi connectivity index (χ3n) is 3.22. The molecule has 0 spiro atoms. The average molecular weight is 233 g/mol. The van der Waals surface area contributed by atoms with Gasteiger partial charge in [-0.2, -0.15) is 0 Å². The summed E-state index contributed by atoms with van der Waals surface area (Å²) in [7, 11) is 1.45. The van der Waals surface area contributed by atoms with Gasteiger partial charge in [-0.05, 0) is 26.2 Å². The van der Waals surface area contributed by atoms with Gasteiger partial charge in [-0.1, -0.05) is 0 Å². The molecule has 4 atom stereocenters. The second-order valence-electron chi connectivity index (χ2n) is 4.60. The Labute approximate surface area is 96.7 Å². The summed E-state index contributed by atoms with van der Waals surface area (Å²) in [6, 6.07) is 0. The molecule has 3 N–H and O–H groups in total. The van der Waals surface area contributed by atoms with Gasteiger partial charge in [-0.15, -0.1) is 0 Å². The number of rotatable bonds is 5. The van der Waals surface area contributed by atoms with Gasteiger partial charge in [0.05, 0.1) is 6.10 Å². The minimum absolute atomic E-state index is 0.0162. The fourth-order valence-electron chi connectivity index (χ4n) is 1.81. The highest BCUT2D eigenvalue weighted by Crippen LogP contribution is 2.20. The van der Waals surface area contributed by atoms with Crippen LogP contribution in [0.2, 0.25) is 0 Å². The lowest BCUT2D eigenvalue weighted by Gasteiger charge is -2.35. The molecule has 1 saturated heterocycles. The van der Waals surface area contributed by atoms with E-state index in [1.807, 2.05) is 0 Å². The summed E-state index contributed by atoms with van der Waals surface area (Å²) < 4.78 is 10.7. The van der Waals surface area contributed by atoms with Crippen LogP contribution in [0.1, 0.15) is 20.3 Å². The molecule has 0 radical (unpaired) electrons. The van der Waals surface area contributed by atoms with Crippen LogP contribution < -0.4 is 5.32 Å². The third kappa shape index (κ3) is 3.68. The summed E-state index contributed by atoms with van der Waals surface area (Å²) >= 11 is 0. The third-order valence-corrected chi connectivity index (χ3v) is 3.22. The van der Waals surface area contributed by atoms with Crippen LogP contribution in [0.3, 0.4) is 0 Å². The van der Waals surface area contributed by atoms with Crippen LogP contribution in [0.4, 0.5) is 0 Å². The lowest BCUT2D eigenvalue weighted by atomic mass is 9.98. The Kier molecular flexibility index (Phi) is 5.14. The summed E-state index contributed by atoms with van der Waals surface area (Å²) in [5, 5.41) is 22.1. The van der Waals surface area contributed by atoms with Gasteiger partial charge in [0, 0.05) is 26.8 Å². The van der Waals surface area contributed by atoms with E-state index in [1.54, 1.807) is 13.8 Å². The molecule has 16 heavy (non-hydrogen) atoms. The molecule has 3 unspecified atom stereocenters. The minimum Gasteiger partial charge on any atom is -0.396 e. The highest BCUT2D eigenvalue weighted by atomic mass is 16.6. The standard InChI is InChI=1S/C11H23NO4/c1-8(11(2,14)15-3)16-10-4-9(7-13)5-12-6-10/h8-10,12-14H,4-7H2,1-3H3/t8?,9?,10?,11-/m1/s1. The van der Waals surface area contributed by atoms with Crippen LogP contribution in [0.15, 0.2) is 0 Å². The normalized spacial score (nSPS) is 32.1. The Bertz CT molecular complexity index is 210. The number of piperidine rings is 1. The second kappa shape index (κ2) is 5.93. The molecule has 5 heteroatoms. The summed E-state index contributed by atoms with van der Waals surface area (Å²) in [5.74, 6) is -1.04. The zero-order valence-corrected chi connectivity index (χ0v) is 10.3. The van der Waals surface area contributed by atoms with E-state index in [0.29, 0.717) is 0 Å². The van der Waals surface area contributed by atoms with Crippen LogP contribution in [0, 0.1) is 5.92 Å². The number of nitrogens with one attached hydrogen (secondary N) is 1. The van der Waals surface area contributed by atoms with E-state index in [0.717, 1.165) is 19.5 Å².